The summed E-state index contributed by atoms with van der Waals surface area (Å²) in [6, 6.07) is 13.9. The molecule has 1 heterocycles. The van der Waals surface area contributed by atoms with Crippen LogP contribution in [-0.4, -0.2) is 24.2 Å². The Morgan fingerprint density at radius 1 is 1.33 bits per heavy atom. The van der Waals surface area contributed by atoms with E-state index in [0.29, 0.717) is 11.5 Å². The highest BCUT2D eigenvalue weighted by Gasteiger charge is 2.35. The third-order valence-corrected chi connectivity index (χ3v) is 5.86. The molecule has 4 nitrogen and oxygen atoms in total. The number of nitrogens with one attached hydrogen (secondary N) is 1. The van der Waals surface area contributed by atoms with Crippen molar-refractivity contribution < 1.29 is 4.79 Å². The van der Waals surface area contributed by atoms with Gasteiger partial charge in [0.05, 0.1) is 6.21 Å². The van der Waals surface area contributed by atoms with Crippen LogP contribution in [0, 0.1) is 3.57 Å². The lowest BCUT2D eigenvalue weighted by molar-refractivity contribution is 0.0955. The normalized spacial score (nSPS) is 18.4. The van der Waals surface area contributed by atoms with Crippen molar-refractivity contribution in [2.24, 2.45) is 5.10 Å². The third kappa shape index (κ3) is 4.34. The van der Waals surface area contributed by atoms with Gasteiger partial charge >= 0.3 is 0 Å². The Hall–Kier alpha value is -1.89. The monoisotopic (exact) mass is 475 g/mol. The molecule has 0 radical (unpaired) electrons. The zero-order valence-electron chi connectivity index (χ0n) is 16.3. The van der Waals surface area contributed by atoms with E-state index in [0.717, 1.165) is 22.1 Å². The van der Waals surface area contributed by atoms with Gasteiger partial charge in [0, 0.05) is 26.9 Å². The number of anilines is 1. The number of nitrogens with zero attached hydrogens (tertiary/aromatic N) is 2. The van der Waals surface area contributed by atoms with E-state index >= 15 is 0 Å². The first-order valence-electron chi connectivity index (χ1n) is 9.32. The van der Waals surface area contributed by atoms with Crippen molar-refractivity contribution in [3.63, 3.8) is 0 Å². The smallest absolute Gasteiger partial charge is 0.271 e. The number of hydrogen-bond acceptors (Lipinski definition) is 3. The van der Waals surface area contributed by atoms with Gasteiger partial charge in [0.1, 0.15) is 0 Å². The molecule has 1 aliphatic heterocycles. The fourth-order valence-electron chi connectivity index (χ4n) is 4.05. The van der Waals surface area contributed by atoms with Crippen LogP contribution in [0.1, 0.15) is 61.5 Å². The van der Waals surface area contributed by atoms with Gasteiger partial charge in [-0.3, -0.25) is 4.79 Å². The summed E-state index contributed by atoms with van der Waals surface area (Å²) in [5.74, 6) is 0.294. The highest BCUT2D eigenvalue weighted by atomic mass is 127. The second kappa shape index (κ2) is 8.00. The van der Waals surface area contributed by atoms with E-state index in [1.165, 1.54) is 11.3 Å². The van der Waals surface area contributed by atoms with Gasteiger partial charge in [0.2, 0.25) is 0 Å². The number of fused-ring (bicyclic) bond motifs is 1. The molecule has 0 fully saturated rings. The molecule has 5 heteroatoms. The molecule has 2 aromatic rings. The van der Waals surface area contributed by atoms with Crippen LogP contribution in [0.4, 0.5) is 5.69 Å². The highest BCUT2D eigenvalue weighted by molar-refractivity contribution is 14.1. The van der Waals surface area contributed by atoms with Gasteiger partial charge in [-0.15, -0.1) is 0 Å². The van der Waals surface area contributed by atoms with Crippen molar-refractivity contribution in [2.45, 2.75) is 45.6 Å². The Labute approximate surface area is 175 Å². The van der Waals surface area contributed by atoms with E-state index in [1.807, 2.05) is 18.2 Å². The summed E-state index contributed by atoms with van der Waals surface area (Å²) >= 11 is 2.19. The average Bonchev–Trinajstić information content (AvgIpc) is 2.61. The number of amides is 1. The van der Waals surface area contributed by atoms with Gasteiger partial charge < -0.3 is 4.90 Å². The number of hydrogen-bond donors (Lipinski definition) is 1. The minimum absolute atomic E-state index is 0.165. The second-order valence-electron chi connectivity index (χ2n) is 7.69. The van der Waals surface area contributed by atoms with E-state index in [4.69, 9.17) is 0 Å². The van der Waals surface area contributed by atoms with Crippen LogP contribution in [-0.2, 0) is 0 Å². The summed E-state index contributed by atoms with van der Waals surface area (Å²) in [5, 5.41) is 4.15. The van der Waals surface area contributed by atoms with Crippen LogP contribution in [0.2, 0.25) is 0 Å². The maximum Gasteiger partial charge on any atom is 0.271 e. The van der Waals surface area contributed by atoms with E-state index in [9.17, 15) is 4.79 Å². The predicted molar refractivity (Wildman–Crippen MR) is 121 cm³/mol. The molecule has 27 heavy (non-hydrogen) atoms. The minimum atomic E-state index is -0.199. The van der Waals surface area contributed by atoms with Gasteiger partial charge in [-0.05, 0) is 97.2 Å². The number of benzene rings is 2. The summed E-state index contributed by atoms with van der Waals surface area (Å²) < 4.78 is 1.02. The molecule has 1 aliphatic rings. The summed E-state index contributed by atoms with van der Waals surface area (Å²) in [4.78, 5) is 14.7. The van der Waals surface area contributed by atoms with Crippen LogP contribution < -0.4 is 10.3 Å². The highest BCUT2D eigenvalue weighted by Crippen LogP contribution is 2.43. The molecular weight excluding hydrogens is 449 g/mol. The molecular formula is C22H26IN3O. The molecule has 1 atom stereocenters. The zero-order chi connectivity index (χ0) is 19.6. The van der Waals surface area contributed by atoms with Gasteiger partial charge in [0.25, 0.3) is 5.91 Å². The Bertz CT molecular complexity index is 876. The van der Waals surface area contributed by atoms with Crippen LogP contribution in [0.5, 0.6) is 0 Å². The zero-order valence-corrected chi connectivity index (χ0v) is 18.4. The number of hydrazone groups is 1. The fraction of sp³-hybridized carbons (Fsp3) is 0.364. The maximum absolute atomic E-state index is 12.2. The molecule has 1 amide bonds. The molecule has 0 aliphatic carbocycles. The molecule has 0 saturated carbocycles. The average molecular weight is 475 g/mol. The van der Waals surface area contributed by atoms with Gasteiger partial charge in [-0.1, -0.05) is 19.1 Å². The number of rotatable bonds is 4. The molecule has 2 aromatic carbocycles. The fourth-order valence-corrected chi connectivity index (χ4v) is 4.59. The molecule has 3 rings (SSSR count). The first kappa shape index (κ1) is 19.9. The summed E-state index contributed by atoms with van der Waals surface area (Å²) in [6.07, 6.45) is 2.84. The number of carbonyl (C=O) groups is 1. The van der Waals surface area contributed by atoms with Crippen LogP contribution in [0.3, 0.4) is 0 Å². The van der Waals surface area contributed by atoms with Crippen LogP contribution >= 0.6 is 22.6 Å². The molecule has 0 aromatic heterocycles. The first-order valence-corrected chi connectivity index (χ1v) is 10.4. The molecule has 0 spiro atoms. The summed E-state index contributed by atoms with van der Waals surface area (Å²) in [6.45, 7) is 10.1. The van der Waals surface area contributed by atoms with Gasteiger partial charge in [-0.2, -0.15) is 5.10 Å². The standard InChI is InChI=1S/C22H26IN3O/c1-5-26-20-10-9-16(11-19(20)15(2)13-22(26,3)4)14-24-25-21(27)17-7-6-8-18(23)12-17/h6-12,14-15H,5,13H2,1-4H3,(H,25,27)/b24-14-/t15-/m1/s1. The molecule has 0 saturated heterocycles. The van der Waals surface area contributed by atoms with Crippen LogP contribution in [0.25, 0.3) is 0 Å². The first-order chi connectivity index (χ1) is 12.8. The van der Waals surface area contributed by atoms with Gasteiger partial charge in [0.15, 0.2) is 0 Å². The van der Waals surface area contributed by atoms with E-state index in [-0.39, 0.29) is 11.4 Å². The van der Waals surface area contributed by atoms with Crippen molar-refractivity contribution in [1.82, 2.24) is 5.43 Å². The van der Waals surface area contributed by atoms with E-state index in [2.05, 4.69) is 83.9 Å². The van der Waals surface area contributed by atoms with Crippen molar-refractivity contribution in [3.05, 3.63) is 62.7 Å². The SMILES string of the molecule is CCN1c2ccc(/C=N\NC(=O)c3cccc(I)c3)cc2[C@H](C)CC1(C)C. The van der Waals surface area contributed by atoms with Crippen molar-refractivity contribution in [2.75, 3.05) is 11.4 Å². The van der Waals surface area contributed by atoms with Gasteiger partial charge in [-0.25, -0.2) is 5.43 Å². The maximum atomic E-state index is 12.2. The Balaban J connectivity index is 1.76. The largest absolute Gasteiger partial charge is 0.366 e. The Kier molecular flexibility index (Phi) is 5.89. The lowest BCUT2D eigenvalue weighted by Gasteiger charge is -2.47. The molecule has 0 bridgehead atoms. The van der Waals surface area contributed by atoms with E-state index in [1.54, 1.807) is 12.3 Å². The molecule has 0 unspecified atom stereocenters. The Morgan fingerprint density at radius 3 is 2.81 bits per heavy atom. The second-order valence-corrected chi connectivity index (χ2v) is 8.94. The topological polar surface area (TPSA) is 44.7 Å². The lowest BCUT2D eigenvalue weighted by atomic mass is 9.79. The summed E-state index contributed by atoms with van der Waals surface area (Å²) in [7, 11) is 0. The van der Waals surface area contributed by atoms with Crippen molar-refractivity contribution in [3.8, 4) is 0 Å². The lowest BCUT2D eigenvalue weighted by Crippen LogP contribution is -2.48. The van der Waals surface area contributed by atoms with Crippen LogP contribution in [0.15, 0.2) is 47.6 Å². The van der Waals surface area contributed by atoms with Crippen molar-refractivity contribution >= 4 is 40.4 Å². The number of halogens is 1. The molecule has 142 valence electrons. The third-order valence-electron chi connectivity index (χ3n) is 5.19. The molecule has 1 N–H and O–H groups in total. The predicted octanol–water partition coefficient (Wildman–Crippen LogP) is 5.17. The summed E-state index contributed by atoms with van der Waals surface area (Å²) in [5.41, 5.74) is 7.05. The van der Waals surface area contributed by atoms with E-state index < -0.39 is 0 Å². The van der Waals surface area contributed by atoms with Crippen molar-refractivity contribution in [1.29, 1.82) is 0 Å². The Morgan fingerprint density at radius 2 is 2.11 bits per heavy atom. The number of carbonyl (C=O) groups excluding carboxylic acids is 1. The minimum Gasteiger partial charge on any atom is -0.366 e. The quantitative estimate of drug-likeness (QED) is 0.377.